The fraction of sp³-hybridized carbons (Fsp3) is 0.312. The van der Waals surface area contributed by atoms with Crippen LogP contribution in [0.2, 0.25) is 0 Å². The third kappa shape index (κ3) is 3.16. The van der Waals surface area contributed by atoms with Gasteiger partial charge in [-0.2, -0.15) is 4.31 Å². The lowest BCUT2D eigenvalue weighted by atomic mass is 10.1. The van der Waals surface area contributed by atoms with Gasteiger partial charge in [0.05, 0.1) is 0 Å². The van der Waals surface area contributed by atoms with Crippen LogP contribution >= 0.6 is 0 Å². The number of phenolic OH excluding ortho intramolecular Hbond substituents is 1. The molecule has 0 bridgehead atoms. The highest BCUT2D eigenvalue weighted by atomic mass is 32.2. The number of carbonyl (C=O) groups is 1. The molecule has 0 saturated heterocycles. The summed E-state index contributed by atoms with van der Waals surface area (Å²) in [6.07, 6.45) is 0. The number of hydrogen-bond donors (Lipinski definition) is 2. The van der Waals surface area contributed by atoms with Crippen LogP contribution < -0.4 is 5.32 Å². The molecule has 7 heteroatoms. The fourth-order valence-corrected chi connectivity index (χ4v) is 4.08. The molecular formula is C16H20N2O4S. The minimum absolute atomic E-state index is 0.131. The van der Waals surface area contributed by atoms with Gasteiger partial charge in [0, 0.05) is 36.5 Å². The summed E-state index contributed by atoms with van der Waals surface area (Å²) in [5.74, 6) is -0.543. The van der Waals surface area contributed by atoms with E-state index in [4.69, 9.17) is 0 Å². The number of nitrogens with one attached hydrogen (secondary N) is 1. The van der Waals surface area contributed by atoms with Crippen molar-refractivity contribution in [1.29, 1.82) is 0 Å². The Bertz CT molecular complexity index is 843. The number of sulfonamides is 1. The Labute approximate surface area is 135 Å². The van der Waals surface area contributed by atoms with Gasteiger partial charge in [0.25, 0.3) is 0 Å². The normalized spacial score (nSPS) is 11.8. The second-order valence-corrected chi connectivity index (χ2v) is 6.99. The third-order valence-corrected chi connectivity index (χ3v) is 5.71. The summed E-state index contributed by atoms with van der Waals surface area (Å²) >= 11 is 0. The summed E-state index contributed by atoms with van der Waals surface area (Å²) in [5.41, 5.74) is 0.525. The maximum Gasteiger partial charge on any atom is 0.246 e. The van der Waals surface area contributed by atoms with Crippen molar-refractivity contribution in [2.75, 3.05) is 18.4 Å². The van der Waals surface area contributed by atoms with Gasteiger partial charge in [-0.25, -0.2) is 8.42 Å². The van der Waals surface area contributed by atoms with Crippen molar-refractivity contribution >= 4 is 32.4 Å². The van der Waals surface area contributed by atoms with Gasteiger partial charge in [0.1, 0.15) is 10.6 Å². The number of carbonyl (C=O) groups excluding carboxylic acids is 1. The first-order chi connectivity index (χ1) is 10.8. The summed E-state index contributed by atoms with van der Waals surface area (Å²) < 4.78 is 26.5. The summed E-state index contributed by atoms with van der Waals surface area (Å²) in [4.78, 5) is 11.1. The standard InChI is InChI=1S/C16H20N2O4S/c1-4-18(5-2)23(21,22)15-10-9-12-13(16(15)20)7-6-8-14(12)17-11(3)19/h6-10,20H,4-5H2,1-3H3,(H,17,19). The van der Waals surface area contributed by atoms with Crippen LogP contribution in [-0.2, 0) is 14.8 Å². The zero-order valence-electron chi connectivity index (χ0n) is 13.3. The Hall–Kier alpha value is -2.12. The highest BCUT2D eigenvalue weighted by molar-refractivity contribution is 7.89. The minimum Gasteiger partial charge on any atom is -0.506 e. The molecule has 0 aromatic heterocycles. The Kier molecular flexibility index (Phi) is 4.91. The Morgan fingerprint density at radius 2 is 1.78 bits per heavy atom. The van der Waals surface area contributed by atoms with Crippen molar-refractivity contribution in [1.82, 2.24) is 4.31 Å². The molecule has 0 radical (unpaired) electrons. The zero-order valence-corrected chi connectivity index (χ0v) is 14.1. The molecule has 0 spiro atoms. The van der Waals surface area contributed by atoms with Crippen LogP contribution in [0.25, 0.3) is 10.8 Å². The lowest BCUT2D eigenvalue weighted by Gasteiger charge is -2.20. The van der Waals surface area contributed by atoms with Gasteiger partial charge in [-0.05, 0) is 12.1 Å². The molecule has 0 atom stereocenters. The number of benzene rings is 2. The lowest BCUT2D eigenvalue weighted by molar-refractivity contribution is -0.114. The number of rotatable bonds is 5. The quantitative estimate of drug-likeness (QED) is 0.878. The second kappa shape index (κ2) is 6.55. The minimum atomic E-state index is -3.76. The fourth-order valence-electron chi connectivity index (χ4n) is 2.53. The van der Waals surface area contributed by atoms with Crippen LogP contribution in [0.4, 0.5) is 5.69 Å². The van der Waals surface area contributed by atoms with E-state index in [1.54, 1.807) is 38.1 Å². The predicted octanol–water partition coefficient (Wildman–Crippen LogP) is 2.53. The largest absolute Gasteiger partial charge is 0.506 e. The predicted molar refractivity (Wildman–Crippen MR) is 90.0 cm³/mol. The maximum atomic E-state index is 12.6. The van der Waals surface area contributed by atoms with Crippen molar-refractivity contribution in [2.45, 2.75) is 25.7 Å². The topological polar surface area (TPSA) is 86.7 Å². The highest BCUT2D eigenvalue weighted by Crippen LogP contribution is 2.36. The first-order valence-electron chi connectivity index (χ1n) is 7.35. The first-order valence-corrected chi connectivity index (χ1v) is 8.79. The van der Waals surface area contributed by atoms with E-state index < -0.39 is 10.0 Å². The van der Waals surface area contributed by atoms with Crippen LogP contribution in [0.3, 0.4) is 0 Å². The summed E-state index contributed by atoms with van der Waals surface area (Å²) in [6, 6.07) is 7.94. The van der Waals surface area contributed by atoms with Crippen molar-refractivity contribution in [2.24, 2.45) is 0 Å². The molecule has 0 unspecified atom stereocenters. The van der Waals surface area contributed by atoms with Gasteiger partial charge in [0.2, 0.25) is 15.9 Å². The molecule has 23 heavy (non-hydrogen) atoms. The third-order valence-electron chi connectivity index (χ3n) is 3.63. The number of fused-ring (bicyclic) bond motifs is 1. The Balaban J connectivity index is 2.67. The van der Waals surface area contributed by atoms with Crippen LogP contribution in [0, 0.1) is 0 Å². The van der Waals surface area contributed by atoms with Crippen LogP contribution in [0.1, 0.15) is 20.8 Å². The average molecular weight is 336 g/mol. The summed E-state index contributed by atoms with van der Waals surface area (Å²) in [7, 11) is -3.76. The average Bonchev–Trinajstić information content (AvgIpc) is 2.48. The van der Waals surface area contributed by atoms with Gasteiger partial charge in [-0.1, -0.05) is 32.0 Å². The molecule has 0 fully saturated rings. The highest BCUT2D eigenvalue weighted by Gasteiger charge is 2.26. The van der Waals surface area contributed by atoms with Crippen LogP contribution in [0.5, 0.6) is 5.75 Å². The summed E-state index contributed by atoms with van der Waals surface area (Å²) in [6.45, 7) is 5.52. The number of phenols is 1. The van der Waals surface area contributed by atoms with Gasteiger partial charge < -0.3 is 10.4 Å². The van der Waals surface area contributed by atoms with Gasteiger partial charge >= 0.3 is 0 Å². The molecule has 1 amide bonds. The van der Waals surface area contributed by atoms with E-state index >= 15 is 0 Å². The number of anilines is 1. The van der Waals surface area contributed by atoms with E-state index in [-0.39, 0.29) is 16.6 Å². The molecule has 0 aliphatic carbocycles. The van der Waals surface area contributed by atoms with E-state index in [0.29, 0.717) is 29.5 Å². The molecule has 0 aliphatic rings. The van der Waals surface area contributed by atoms with Gasteiger partial charge in [-0.3, -0.25) is 4.79 Å². The van der Waals surface area contributed by atoms with Gasteiger partial charge in [0.15, 0.2) is 0 Å². The van der Waals surface area contributed by atoms with E-state index in [0.717, 1.165) is 0 Å². The number of aromatic hydroxyl groups is 1. The molecule has 2 N–H and O–H groups in total. The van der Waals surface area contributed by atoms with E-state index in [9.17, 15) is 18.3 Å². The lowest BCUT2D eigenvalue weighted by Crippen LogP contribution is -2.30. The molecule has 2 rings (SSSR count). The van der Waals surface area contributed by atoms with Crippen molar-refractivity contribution in [3.05, 3.63) is 30.3 Å². The molecule has 0 heterocycles. The molecule has 0 aliphatic heterocycles. The second-order valence-electron chi connectivity index (χ2n) is 5.08. The molecule has 2 aromatic carbocycles. The smallest absolute Gasteiger partial charge is 0.246 e. The molecule has 124 valence electrons. The molecule has 6 nitrogen and oxygen atoms in total. The molecule has 0 saturated carbocycles. The van der Waals surface area contributed by atoms with E-state index in [1.165, 1.54) is 17.3 Å². The number of nitrogens with zero attached hydrogens (tertiary/aromatic N) is 1. The van der Waals surface area contributed by atoms with Crippen molar-refractivity contribution < 1.29 is 18.3 Å². The first kappa shape index (κ1) is 17.2. The van der Waals surface area contributed by atoms with E-state index in [1.807, 2.05) is 0 Å². The number of hydrogen-bond acceptors (Lipinski definition) is 4. The molecular weight excluding hydrogens is 316 g/mol. The SMILES string of the molecule is CCN(CC)S(=O)(=O)c1ccc2c(NC(C)=O)cccc2c1O. The van der Waals surface area contributed by atoms with Crippen molar-refractivity contribution in [3.8, 4) is 5.75 Å². The summed E-state index contributed by atoms with van der Waals surface area (Å²) in [5, 5.41) is 14.1. The van der Waals surface area contributed by atoms with Crippen LogP contribution in [0.15, 0.2) is 35.2 Å². The van der Waals surface area contributed by atoms with E-state index in [2.05, 4.69) is 5.32 Å². The number of amides is 1. The maximum absolute atomic E-state index is 12.6. The van der Waals surface area contributed by atoms with Crippen molar-refractivity contribution in [3.63, 3.8) is 0 Å². The zero-order chi connectivity index (χ0) is 17.2. The molecule has 2 aromatic rings. The van der Waals surface area contributed by atoms with Crippen LogP contribution in [-0.4, -0.2) is 36.8 Å². The Morgan fingerprint density at radius 1 is 1.13 bits per heavy atom. The van der Waals surface area contributed by atoms with Gasteiger partial charge in [-0.15, -0.1) is 0 Å². The Morgan fingerprint density at radius 3 is 2.35 bits per heavy atom. The monoisotopic (exact) mass is 336 g/mol.